The molecule has 0 heterocycles. The lowest BCUT2D eigenvalue weighted by atomic mass is 10.2. The van der Waals surface area contributed by atoms with Crippen molar-refractivity contribution in [3.05, 3.63) is 28.2 Å². The van der Waals surface area contributed by atoms with Gasteiger partial charge in [0.1, 0.15) is 12.4 Å². The van der Waals surface area contributed by atoms with Gasteiger partial charge in [0.15, 0.2) is 0 Å². The largest absolute Gasteiger partial charge is 0.491 e. The van der Waals surface area contributed by atoms with Gasteiger partial charge in [-0.15, -0.1) is 0 Å². The van der Waals surface area contributed by atoms with Crippen molar-refractivity contribution in [1.29, 1.82) is 0 Å². The molecule has 0 aromatic heterocycles. The van der Waals surface area contributed by atoms with E-state index < -0.39 is 11.7 Å². The van der Waals surface area contributed by atoms with Gasteiger partial charge in [0.25, 0.3) is 0 Å². The first-order valence-electron chi connectivity index (χ1n) is 5.53. The molecule has 0 radical (unpaired) electrons. The number of halogens is 4. The van der Waals surface area contributed by atoms with E-state index in [2.05, 4.69) is 21.2 Å². The maximum atomic E-state index is 12.4. The molecule has 102 valence electrons. The highest BCUT2D eigenvalue weighted by Crippen LogP contribution is 2.34. The minimum atomic E-state index is -4.33. The number of hydrogen-bond acceptors (Lipinski definition) is 2. The third kappa shape index (κ3) is 4.86. The lowest BCUT2D eigenvalue weighted by molar-refractivity contribution is -0.137. The van der Waals surface area contributed by atoms with Gasteiger partial charge in [-0.25, -0.2) is 0 Å². The Morgan fingerprint density at radius 3 is 2.50 bits per heavy atom. The van der Waals surface area contributed by atoms with E-state index in [0.29, 0.717) is 29.4 Å². The summed E-state index contributed by atoms with van der Waals surface area (Å²) < 4.78 is 43.0. The number of benzene rings is 1. The molecule has 1 aromatic rings. The van der Waals surface area contributed by atoms with Crippen LogP contribution in [-0.4, -0.2) is 19.2 Å². The van der Waals surface area contributed by atoms with Crippen LogP contribution in [0, 0.1) is 0 Å². The molecule has 1 aromatic carbocycles. The first-order valence-corrected chi connectivity index (χ1v) is 6.33. The fraction of sp³-hybridized carbons (Fsp3) is 0.500. The Bertz CT molecular complexity index is 393. The number of rotatable bonds is 5. The van der Waals surface area contributed by atoms with Crippen LogP contribution in [0.15, 0.2) is 22.7 Å². The van der Waals surface area contributed by atoms with E-state index in [9.17, 15) is 13.2 Å². The number of nitrogens with one attached hydrogen (secondary N) is 1. The maximum Gasteiger partial charge on any atom is 0.416 e. The Kier molecular flexibility index (Phi) is 5.47. The predicted octanol–water partition coefficient (Wildman–Crippen LogP) is 3.84. The number of ether oxygens (including phenoxy) is 1. The molecule has 0 atom stereocenters. The van der Waals surface area contributed by atoms with E-state index in [-0.39, 0.29) is 0 Å². The first-order chi connectivity index (χ1) is 8.30. The molecule has 0 aliphatic carbocycles. The average molecular weight is 326 g/mol. The Morgan fingerprint density at radius 1 is 1.33 bits per heavy atom. The summed E-state index contributed by atoms with van der Waals surface area (Å²) in [6, 6.07) is 3.70. The smallest absolute Gasteiger partial charge is 0.416 e. The topological polar surface area (TPSA) is 21.3 Å². The van der Waals surface area contributed by atoms with Gasteiger partial charge in [-0.3, -0.25) is 0 Å². The highest BCUT2D eigenvalue weighted by Gasteiger charge is 2.30. The molecular formula is C12H15BrF3NO. The van der Waals surface area contributed by atoms with Gasteiger partial charge in [0.2, 0.25) is 0 Å². The molecule has 0 unspecified atom stereocenters. The Hall–Kier alpha value is -0.750. The summed E-state index contributed by atoms with van der Waals surface area (Å²) in [5, 5.41) is 3.15. The highest BCUT2D eigenvalue weighted by molar-refractivity contribution is 9.10. The standard InChI is InChI=1S/C12H15BrF3NO/c1-8(2)17-5-6-18-11-4-3-9(7-10(11)13)12(14,15)16/h3-4,7-8,17H,5-6H2,1-2H3. The summed E-state index contributed by atoms with van der Waals surface area (Å²) in [6.07, 6.45) is -4.33. The minimum Gasteiger partial charge on any atom is -0.491 e. The SMILES string of the molecule is CC(C)NCCOc1ccc(C(F)(F)F)cc1Br. The van der Waals surface area contributed by atoms with Gasteiger partial charge in [-0.2, -0.15) is 13.2 Å². The fourth-order valence-electron chi connectivity index (χ4n) is 1.30. The van der Waals surface area contributed by atoms with Crippen LogP contribution in [0.4, 0.5) is 13.2 Å². The van der Waals surface area contributed by atoms with Crippen LogP contribution >= 0.6 is 15.9 Å². The summed E-state index contributed by atoms with van der Waals surface area (Å²) in [6.45, 7) is 5.06. The zero-order valence-electron chi connectivity index (χ0n) is 10.1. The van der Waals surface area contributed by atoms with Gasteiger partial charge in [0, 0.05) is 12.6 Å². The summed E-state index contributed by atoms with van der Waals surface area (Å²) in [4.78, 5) is 0. The lowest BCUT2D eigenvalue weighted by Gasteiger charge is -2.12. The summed E-state index contributed by atoms with van der Waals surface area (Å²) in [5.74, 6) is 0.411. The van der Waals surface area contributed by atoms with Crippen LogP contribution in [0.3, 0.4) is 0 Å². The molecule has 1 rings (SSSR count). The number of alkyl halides is 3. The van der Waals surface area contributed by atoms with Crippen LogP contribution in [-0.2, 0) is 6.18 Å². The molecule has 2 nitrogen and oxygen atoms in total. The second-order valence-corrected chi connectivity index (χ2v) is 4.95. The van der Waals surface area contributed by atoms with Crippen LogP contribution in [0.1, 0.15) is 19.4 Å². The lowest BCUT2D eigenvalue weighted by Crippen LogP contribution is -2.27. The van der Waals surface area contributed by atoms with E-state index in [1.54, 1.807) is 0 Å². The molecule has 0 saturated carbocycles. The molecule has 0 amide bonds. The number of hydrogen-bond donors (Lipinski definition) is 1. The van der Waals surface area contributed by atoms with Crippen molar-refractivity contribution < 1.29 is 17.9 Å². The van der Waals surface area contributed by atoms with E-state index in [1.807, 2.05) is 13.8 Å². The Morgan fingerprint density at radius 2 is 2.00 bits per heavy atom. The monoisotopic (exact) mass is 325 g/mol. The van der Waals surface area contributed by atoms with Crippen molar-refractivity contribution >= 4 is 15.9 Å². The van der Waals surface area contributed by atoms with Gasteiger partial charge in [-0.05, 0) is 34.1 Å². The second-order valence-electron chi connectivity index (χ2n) is 4.10. The molecule has 1 N–H and O–H groups in total. The molecule has 0 spiro atoms. The first kappa shape index (κ1) is 15.3. The van der Waals surface area contributed by atoms with Gasteiger partial charge >= 0.3 is 6.18 Å². The van der Waals surface area contributed by atoms with Gasteiger partial charge < -0.3 is 10.1 Å². The van der Waals surface area contributed by atoms with E-state index >= 15 is 0 Å². The van der Waals surface area contributed by atoms with Gasteiger partial charge in [0.05, 0.1) is 10.0 Å². The van der Waals surface area contributed by atoms with Crippen LogP contribution < -0.4 is 10.1 Å². The van der Waals surface area contributed by atoms with E-state index in [1.165, 1.54) is 6.07 Å². The van der Waals surface area contributed by atoms with E-state index in [4.69, 9.17) is 4.74 Å². The van der Waals surface area contributed by atoms with Gasteiger partial charge in [-0.1, -0.05) is 13.8 Å². The van der Waals surface area contributed by atoms with Crippen LogP contribution in [0.5, 0.6) is 5.75 Å². The van der Waals surface area contributed by atoms with Crippen LogP contribution in [0.2, 0.25) is 0 Å². The zero-order valence-corrected chi connectivity index (χ0v) is 11.7. The summed E-state index contributed by atoms with van der Waals surface area (Å²) in [7, 11) is 0. The molecule has 0 bridgehead atoms. The fourth-order valence-corrected chi connectivity index (χ4v) is 1.80. The third-order valence-electron chi connectivity index (χ3n) is 2.17. The molecule has 6 heteroatoms. The molecule has 0 aliphatic heterocycles. The van der Waals surface area contributed by atoms with Crippen LogP contribution in [0.25, 0.3) is 0 Å². The summed E-state index contributed by atoms with van der Waals surface area (Å²) >= 11 is 3.08. The molecular weight excluding hydrogens is 311 g/mol. The molecule has 18 heavy (non-hydrogen) atoms. The van der Waals surface area contributed by atoms with Crippen molar-refractivity contribution in [2.45, 2.75) is 26.1 Å². The maximum absolute atomic E-state index is 12.4. The average Bonchev–Trinajstić information content (AvgIpc) is 2.24. The van der Waals surface area contributed by atoms with Crippen molar-refractivity contribution in [3.63, 3.8) is 0 Å². The quantitative estimate of drug-likeness (QED) is 0.830. The Balaban J connectivity index is 2.58. The zero-order chi connectivity index (χ0) is 13.8. The van der Waals surface area contributed by atoms with Crippen molar-refractivity contribution in [3.8, 4) is 5.75 Å². The van der Waals surface area contributed by atoms with Crippen molar-refractivity contribution in [1.82, 2.24) is 5.32 Å². The minimum absolute atomic E-state index is 0.307. The Labute approximate surface area is 113 Å². The molecule has 0 aliphatic rings. The molecule has 0 fully saturated rings. The predicted molar refractivity (Wildman–Crippen MR) is 67.8 cm³/mol. The highest BCUT2D eigenvalue weighted by atomic mass is 79.9. The second kappa shape index (κ2) is 6.43. The van der Waals surface area contributed by atoms with Crippen molar-refractivity contribution in [2.75, 3.05) is 13.2 Å². The third-order valence-corrected chi connectivity index (χ3v) is 2.79. The van der Waals surface area contributed by atoms with E-state index in [0.717, 1.165) is 12.1 Å². The normalized spacial score (nSPS) is 11.9. The summed E-state index contributed by atoms with van der Waals surface area (Å²) in [5.41, 5.74) is -0.693. The van der Waals surface area contributed by atoms with Crippen molar-refractivity contribution in [2.24, 2.45) is 0 Å². The molecule has 0 saturated heterocycles.